The second kappa shape index (κ2) is 4.58. The van der Waals surface area contributed by atoms with Crippen LogP contribution in [0.4, 0.5) is 5.69 Å². The van der Waals surface area contributed by atoms with Crippen LogP contribution in [0, 0.1) is 10.1 Å². The minimum Gasteiger partial charge on any atom is -0.508 e. The molecular formula is C9H10N2O5. The SMILES string of the molecule is COC(=O)[C@H](N)c1cc([N+](=O)[O-])ccc1O. The van der Waals surface area contributed by atoms with Crippen LogP contribution in [-0.4, -0.2) is 23.1 Å². The number of hydrogen-bond donors (Lipinski definition) is 2. The molecule has 7 nitrogen and oxygen atoms in total. The van der Waals surface area contributed by atoms with Crippen molar-refractivity contribution < 1.29 is 19.6 Å². The molecule has 3 N–H and O–H groups in total. The Bertz CT molecular complexity index is 432. The van der Waals surface area contributed by atoms with Gasteiger partial charge in [-0.25, -0.2) is 0 Å². The molecule has 0 amide bonds. The fourth-order valence-corrected chi connectivity index (χ4v) is 1.16. The summed E-state index contributed by atoms with van der Waals surface area (Å²) in [5.74, 6) is -1.07. The van der Waals surface area contributed by atoms with Crippen LogP contribution in [-0.2, 0) is 9.53 Å². The van der Waals surface area contributed by atoms with Gasteiger partial charge in [0.2, 0.25) is 0 Å². The van der Waals surface area contributed by atoms with E-state index in [0.717, 1.165) is 25.3 Å². The molecule has 0 radical (unpaired) electrons. The third-order valence-electron chi connectivity index (χ3n) is 2.01. The number of aromatic hydroxyl groups is 1. The molecule has 0 spiro atoms. The number of phenols is 1. The highest BCUT2D eigenvalue weighted by Gasteiger charge is 2.22. The minimum atomic E-state index is -1.25. The van der Waals surface area contributed by atoms with Gasteiger partial charge in [0.05, 0.1) is 12.0 Å². The number of phenolic OH excluding ortho intramolecular Hbond substituents is 1. The molecule has 1 aromatic carbocycles. The Balaban J connectivity index is 3.16. The highest BCUT2D eigenvalue weighted by atomic mass is 16.6. The Morgan fingerprint density at radius 3 is 2.75 bits per heavy atom. The molecule has 0 fully saturated rings. The molecule has 0 unspecified atom stereocenters. The van der Waals surface area contributed by atoms with Gasteiger partial charge >= 0.3 is 5.97 Å². The third-order valence-corrected chi connectivity index (χ3v) is 2.01. The van der Waals surface area contributed by atoms with Gasteiger partial charge in [-0.1, -0.05) is 0 Å². The van der Waals surface area contributed by atoms with Crippen LogP contribution in [0.25, 0.3) is 0 Å². The smallest absolute Gasteiger partial charge is 0.327 e. The molecule has 0 heterocycles. The van der Waals surface area contributed by atoms with Crippen LogP contribution in [0.1, 0.15) is 11.6 Å². The third kappa shape index (κ3) is 2.26. The first-order valence-electron chi connectivity index (χ1n) is 4.28. The Morgan fingerprint density at radius 2 is 2.25 bits per heavy atom. The zero-order valence-corrected chi connectivity index (χ0v) is 8.41. The van der Waals surface area contributed by atoms with Gasteiger partial charge in [0, 0.05) is 17.7 Å². The Labute approximate surface area is 90.6 Å². The van der Waals surface area contributed by atoms with E-state index >= 15 is 0 Å². The van der Waals surface area contributed by atoms with Crippen LogP contribution < -0.4 is 5.73 Å². The summed E-state index contributed by atoms with van der Waals surface area (Å²) < 4.78 is 4.38. The van der Waals surface area contributed by atoms with Crippen molar-refractivity contribution in [1.82, 2.24) is 0 Å². The predicted molar refractivity (Wildman–Crippen MR) is 53.7 cm³/mol. The van der Waals surface area contributed by atoms with E-state index in [9.17, 15) is 20.0 Å². The van der Waals surface area contributed by atoms with E-state index in [0.29, 0.717) is 0 Å². The first-order valence-corrected chi connectivity index (χ1v) is 4.28. The summed E-state index contributed by atoms with van der Waals surface area (Å²) in [6, 6.07) is 2.01. The molecule has 16 heavy (non-hydrogen) atoms. The number of methoxy groups -OCH3 is 1. The van der Waals surface area contributed by atoms with Gasteiger partial charge < -0.3 is 15.6 Å². The monoisotopic (exact) mass is 226 g/mol. The molecule has 86 valence electrons. The predicted octanol–water partition coefficient (Wildman–Crippen LogP) is 0.473. The molecule has 1 aromatic rings. The quantitative estimate of drug-likeness (QED) is 0.439. The van der Waals surface area contributed by atoms with Crippen molar-refractivity contribution in [2.75, 3.05) is 7.11 Å². The number of nitrogens with zero attached hydrogens (tertiary/aromatic N) is 1. The van der Waals surface area contributed by atoms with Crippen molar-refractivity contribution in [3.05, 3.63) is 33.9 Å². The van der Waals surface area contributed by atoms with E-state index in [-0.39, 0.29) is 17.0 Å². The summed E-state index contributed by atoms with van der Waals surface area (Å²) in [5.41, 5.74) is 5.16. The molecule has 0 aliphatic carbocycles. The molecular weight excluding hydrogens is 216 g/mol. The maximum atomic E-state index is 11.1. The normalized spacial score (nSPS) is 11.9. The van der Waals surface area contributed by atoms with Gasteiger partial charge in [0.25, 0.3) is 5.69 Å². The number of non-ortho nitro benzene ring substituents is 1. The summed E-state index contributed by atoms with van der Waals surface area (Å²) in [7, 11) is 1.14. The van der Waals surface area contributed by atoms with Crippen molar-refractivity contribution in [3.8, 4) is 5.75 Å². The Kier molecular flexibility index (Phi) is 3.41. The van der Waals surface area contributed by atoms with E-state index in [4.69, 9.17) is 5.73 Å². The minimum absolute atomic E-state index is 0.0407. The molecule has 0 aromatic heterocycles. The lowest BCUT2D eigenvalue weighted by atomic mass is 10.1. The topological polar surface area (TPSA) is 116 Å². The second-order valence-corrected chi connectivity index (χ2v) is 3.00. The van der Waals surface area contributed by atoms with E-state index in [1.54, 1.807) is 0 Å². The molecule has 0 aliphatic rings. The number of rotatable bonds is 3. The highest BCUT2D eigenvalue weighted by molar-refractivity contribution is 5.78. The van der Waals surface area contributed by atoms with E-state index in [2.05, 4.69) is 4.74 Å². The second-order valence-electron chi connectivity index (χ2n) is 3.00. The molecule has 0 saturated carbocycles. The molecule has 0 bridgehead atoms. The largest absolute Gasteiger partial charge is 0.508 e. The number of esters is 1. The maximum Gasteiger partial charge on any atom is 0.327 e. The standard InChI is InChI=1S/C9H10N2O5/c1-16-9(13)8(10)6-4-5(11(14)15)2-3-7(6)12/h2-4,8,12H,10H2,1H3/t8-/m1/s1. The number of nitrogens with two attached hydrogens (primary N) is 1. The van der Waals surface area contributed by atoms with Gasteiger partial charge in [-0.3, -0.25) is 14.9 Å². The first kappa shape index (κ1) is 11.9. The fourth-order valence-electron chi connectivity index (χ4n) is 1.16. The average molecular weight is 226 g/mol. The van der Waals surface area contributed by atoms with Crippen LogP contribution in [0.15, 0.2) is 18.2 Å². The number of hydrogen-bond acceptors (Lipinski definition) is 6. The van der Waals surface area contributed by atoms with Crippen LogP contribution in [0.5, 0.6) is 5.75 Å². The summed E-state index contributed by atoms with van der Waals surface area (Å²) in [4.78, 5) is 21.0. The lowest BCUT2D eigenvalue weighted by Gasteiger charge is -2.10. The summed E-state index contributed by atoms with van der Waals surface area (Å²) in [5, 5.41) is 19.9. The zero-order chi connectivity index (χ0) is 12.3. The number of nitro groups is 1. The highest BCUT2D eigenvalue weighted by Crippen LogP contribution is 2.27. The van der Waals surface area contributed by atoms with E-state index in [1.165, 1.54) is 0 Å². The summed E-state index contributed by atoms with van der Waals surface area (Å²) in [6.45, 7) is 0. The average Bonchev–Trinajstić information content (AvgIpc) is 2.27. The van der Waals surface area contributed by atoms with E-state index < -0.39 is 16.9 Å². The van der Waals surface area contributed by atoms with Crippen molar-refractivity contribution >= 4 is 11.7 Å². The Hall–Kier alpha value is -2.15. The fraction of sp³-hybridized carbons (Fsp3) is 0.222. The maximum absolute atomic E-state index is 11.1. The van der Waals surface area contributed by atoms with Gasteiger partial charge in [-0.2, -0.15) is 0 Å². The van der Waals surface area contributed by atoms with E-state index in [1.807, 2.05) is 0 Å². The van der Waals surface area contributed by atoms with Crippen LogP contribution in [0.2, 0.25) is 0 Å². The van der Waals surface area contributed by atoms with Crippen molar-refractivity contribution in [2.45, 2.75) is 6.04 Å². The summed E-state index contributed by atoms with van der Waals surface area (Å²) in [6.07, 6.45) is 0. The van der Waals surface area contributed by atoms with Gasteiger partial charge in [-0.15, -0.1) is 0 Å². The number of ether oxygens (including phenoxy) is 1. The first-order chi connectivity index (χ1) is 7.47. The zero-order valence-electron chi connectivity index (χ0n) is 8.41. The van der Waals surface area contributed by atoms with Gasteiger partial charge in [0.1, 0.15) is 11.8 Å². The van der Waals surface area contributed by atoms with Crippen molar-refractivity contribution in [2.24, 2.45) is 5.73 Å². The lowest BCUT2D eigenvalue weighted by Crippen LogP contribution is -2.22. The molecule has 0 aliphatic heterocycles. The number of carbonyl (C=O) groups excluding carboxylic acids is 1. The van der Waals surface area contributed by atoms with Gasteiger partial charge in [-0.05, 0) is 6.07 Å². The molecule has 1 rings (SSSR count). The van der Waals surface area contributed by atoms with Crippen LogP contribution >= 0.6 is 0 Å². The molecule has 0 saturated heterocycles. The van der Waals surface area contributed by atoms with Gasteiger partial charge in [0.15, 0.2) is 0 Å². The van der Waals surface area contributed by atoms with Crippen LogP contribution in [0.3, 0.4) is 0 Å². The number of nitro benzene ring substituents is 1. The summed E-state index contributed by atoms with van der Waals surface area (Å²) >= 11 is 0. The molecule has 7 heteroatoms. The molecule has 1 atom stereocenters. The number of benzene rings is 1. The lowest BCUT2D eigenvalue weighted by molar-refractivity contribution is -0.384. The van der Waals surface area contributed by atoms with Crippen molar-refractivity contribution in [3.63, 3.8) is 0 Å². The Morgan fingerprint density at radius 1 is 1.62 bits per heavy atom. The van der Waals surface area contributed by atoms with Crippen molar-refractivity contribution in [1.29, 1.82) is 0 Å². The number of carbonyl (C=O) groups is 1.